The second-order valence-electron chi connectivity index (χ2n) is 5.16. The van der Waals surface area contributed by atoms with Gasteiger partial charge in [-0.05, 0) is 45.4 Å². The van der Waals surface area contributed by atoms with E-state index < -0.39 is 0 Å². The van der Waals surface area contributed by atoms with Gasteiger partial charge in [0, 0.05) is 23.4 Å². The van der Waals surface area contributed by atoms with Crippen LogP contribution in [0, 0.1) is 29.9 Å². The summed E-state index contributed by atoms with van der Waals surface area (Å²) in [6.45, 7) is 3.49. The molecule has 0 spiro atoms. The Morgan fingerprint density at radius 2 is 2.22 bits per heavy atom. The quantitative estimate of drug-likeness (QED) is 0.641. The zero-order valence-corrected chi connectivity index (χ0v) is 10.8. The third-order valence-corrected chi connectivity index (χ3v) is 3.70. The standard InChI is InChI=1S/C13H19N3O2/c1-8-7-15-12(9(2)13(8)16(17)18)6-5-11(14)10-3-4-10/h7,10-11H,3-6,14H2,1-2H3. The van der Waals surface area contributed by atoms with Crippen LogP contribution in [0.1, 0.15) is 36.1 Å². The van der Waals surface area contributed by atoms with E-state index in [-0.39, 0.29) is 16.7 Å². The largest absolute Gasteiger partial charge is 0.327 e. The molecule has 2 rings (SSSR count). The van der Waals surface area contributed by atoms with Gasteiger partial charge in [-0.2, -0.15) is 0 Å². The van der Waals surface area contributed by atoms with E-state index in [4.69, 9.17) is 5.73 Å². The summed E-state index contributed by atoms with van der Waals surface area (Å²) in [5.41, 5.74) is 8.35. The fourth-order valence-corrected chi connectivity index (χ4v) is 2.36. The molecule has 5 nitrogen and oxygen atoms in total. The summed E-state index contributed by atoms with van der Waals surface area (Å²) in [6.07, 6.45) is 5.62. The number of pyridine rings is 1. The van der Waals surface area contributed by atoms with Crippen LogP contribution in [0.25, 0.3) is 0 Å². The molecule has 0 aliphatic heterocycles. The summed E-state index contributed by atoms with van der Waals surface area (Å²) in [4.78, 5) is 15.0. The summed E-state index contributed by atoms with van der Waals surface area (Å²) >= 11 is 0. The Balaban J connectivity index is 2.12. The molecule has 0 amide bonds. The molecule has 1 fully saturated rings. The third-order valence-electron chi connectivity index (χ3n) is 3.70. The molecule has 5 heteroatoms. The summed E-state index contributed by atoms with van der Waals surface area (Å²) < 4.78 is 0. The molecule has 18 heavy (non-hydrogen) atoms. The number of aromatic nitrogens is 1. The molecule has 98 valence electrons. The Morgan fingerprint density at radius 3 is 2.78 bits per heavy atom. The Bertz CT molecular complexity index is 470. The molecule has 0 saturated heterocycles. The molecule has 0 bridgehead atoms. The highest BCUT2D eigenvalue weighted by Crippen LogP contribution is 2.33. The lowest BCUT2D eigenvalue weighted by atomic mass is 10.0. The molecule has 1 aliphatic rings. The monoisotopic (exact) mass is 249 g/mol. The Kier molecular flexibility index (Phi) is 3.61. The van der Waals surface area contributed by atoms with Crippen molar-refractivity contribution in [2.24, 2.45) is 11.7 Å². The van der Waals surface area contributed by atoms with Crippen LogP contribution in [0.3, 0.4) is 0 Å². The van der Waals surface area contributed by atoms with Gasteiger partial charge in [-0.3, -0.25) is 15.1 Å². The highest BCUT2D eigenvalue weighted by molar-refractivity contribution is 5.47. The minimum Gasteiger partial charge on any atom is -0.327 e. The predicted octanol–water partition coefficient (Wildman–Crippen LogP) is 2.28. The van der Waals surface area contributed by atoms with Crippen molar-refractivity contribution in [3.05, 3.63) is 33.1 Å². The molecule has 1 saturated carbocycles. The van der Waals surface area contributed by atoms with Gasteiger partial charge in [-0.1, -0.05) is 0 Å². The minimum atomic E-state index is -0.323. The van der Waals surface area contributed by atoms with Crippen molar-refractivity contribution < 1.29 is 4.92 Å². The lowest BCUT2D eigenvalue weighted by molar-refractivity contribution is -0.386. The van der Waals surface area contributed by atoms with Crippen LogP contribution < -0.4 is 5.73 Å². The first-order chi connectivity index (χ1) is 8.50. The van der Waals surface area contributed by atoms with Crippen LogP contribution in [0.2, 0.25) is 0 Å². The van der Waals surface area contributed by atoms with E-state index in [9.17, 15) is 10.1 Å². The second kappa shape index (κ2) is 5.02. The zero-order valence-electron chi connectivity index (χ0n) is 10.8. The van der Waals surface area contributed by atoms with Crippen molar-refractivity contribution in [3.63, 3.8) is 0 Å². The van der Waals surface area contributed by atoms with Crippen molar-refractivity contribution in [2.45, 2.75) is 45.6 Å². The lowest BCUT2D eigenvalue weighted by Crippen LogP contribution is -2.23. The molecule has 1 unspecified atom stereocenters. The highest BCUT2D eigenvalue weighted by atomic mass is 16.6. The van der Waals surface area contributed by atoms with Gasteiger partial charge in [0.25, 0.3) is 5.69 Å². The van der Waals surface area contributed by atoms with Crippen molar-refractivity contribution >= 4 is 5.69 Å². The third kappa shape index (κ3) is 2.67. The van der Waals surface area contributed by atoms with E-state index in [0.717, 1.165) is 18.5 Å². The number of rotatable bonds is 5. The van der Waals surface area contributed by atoms with Crippen LogP contribution >= 0.6 is 0 Å². The molecule has 1 aromatic rings. The SMILES string of the molecule is Cc1cnc(CCC(N)C2CC2)c(C)c1[N+](=O)[O-]. The average Bonchev–Trinajstić information content (AvgIpc) is 3.11. The summed E-state index contributed by atoms with van der Waals surface area (Å²) in [5, 5.41) is 11.0. The van der Waals surface area contributed by atoms with E-state index in [1.54, 1.807) is 20.0 Å². The second-order valence-corrected chi connectivity index (χ2v) is 5.16. The maximum absolute atomic E-state index is 11.0. The molecule has 2 N–H and O–H groups in total. The first-order valence-electron chi connectivity index (χ1n) is 6.35. The zero-order chi connectivity index (χ0) is 13.3. The number of nitrogens with zero attached hydrogens (tertiary/aromatic N) is 2. The smallest absolute Gasteiger partial charge is 0.278 e. The van der Waals surface area contributed by atoms with Gasteiger partial charge in [0.2, 0.25) is 0 Å². The van der Waals surface area contributed by atoms with Gasteiger partial charge >= 0.3 is 0 Å². The van der Waals surface area contributed by atoms with Crippen LogP contribution in [-0.2, 0) is 6.42 Å². The summed E-state index contributed by atoms with van der Waals surface area (Å²) in [5.74, 6) is 0.658. The molecular weight excluding hydrogens is 230 g/mol. The first kappa shape index (κ1) is 13.0. The van der Waals surface area contributed by atoms with Crippen LogP contribution in [0.5, 0.6) is 0 Å². The van der Waals surface area contributed by atoms with Crippen molar-refractivity contribution in [3.8, 4) is 0 Å². The topological polar surface area (TPSA) is 82.0 Å². The lowest BCUT2D eigenvalue weighted by Gasteiger charge is -2.11. The number of hydrogen-bond acceptors (Lipinski definition) is 4. The Hall–Kier alpha value is -1.49. The van der Waals surface area contributed by atoms with E-state index in [2.05, 4.69) is 4.98 Å². The molecule has 0 radical (unpaired) electrons. The number of hydrogen-bond donors (Lipinski definition) is 1. The minimum absolute atomic E-state index is 0.194. The highest BCUT2D eigenvalue weighted by Gasteiger charge is 2.28. The van der Waals surface area contributed by atoms with Crippen molar-refractivity contribution in [2.75, 3.05) is 0 Å². The van der Waals surface area contributed by atoms with E-state index in [0.29, 0.717) is 17.0 Å². The summed E-state index contributed by atoms with van der Waals surface area (Å²) in [7, 11) is 0. The fourth-order valence-electron chi connectivity index (χ4n) is 2.36. The van der Waals surface area contributed by atoms with Crippen LogP contribution in [0.4, 0.5) is 5.69 Å². The van der Waals surface area contributed by atoms with E-state index in [1.807, 2.05) is 0 Å². The van der Waals surface area contributed by atoms with Gasteiger partial charge in [0.15, 0.2) is 0 Å². The molecular formula is C13H19N3O2. The van der Waals surface area contributed by atoms with E-state index >= 15 is 0 Å². The van der Waals surface area contributed by atoms with Crippen LogP contribution in [-0.4, -0.2) is 15.9 Å². The number of nitrogens with two attached hydrogens (primary N) is 1. The maximum atomic E-state index is 11.0. The van der Waals surface area contributed by atoms with E-state index in [1.165, 1.54) is 12.8 Å². The van der Waals surface area contributed by atoms with Gasteiger partial charge in [-0.15, -0.1) is 0 Å². The maximum Gasteiger partial charge on any atom is 0.278 e. The molecule has 1 atom stereocenters. The van der Waals surface area contributed by atoms with Gasteiger partial charge in [0.05, 0.1) is 10.6 Å². The van der Waals surface area contributed by atoms with Crippen LogP contribution in [0.15, 0.2) is 6.20 Å². The fraction of sp³-hybridized carbons (Fsp3) is 0.615. The molecule has 0 aromatic carbocycles. The number of aryl methyl sites for hydroxylation is 2. The van der Waals surface area contributed by atoms with Gasteiger partial charge in [-0.25, -0.2) is 0 Å². The Morgan fingerprint density at radius 1 is 1.56 bits per heavy atom. The van der Waals surface area contributed by atoms with Gasteiger partial charge in [0.1, 0.15) is 0 Å². The molecule has 1 aliphatic carbocycles. The molecule has 1 aromatic heterocycles. The van der Waals surface area contributed by atoms with Crippen molar-refractivity contribution in [1.82, 2.24) is 4.98 Å². The predicted molar refractivity (Wildman–Crippen MR) is 69.4 cm³/mol. The average molecular weight is 249 g/mol. The first-order valence-corrected chi connectivity index (χ1v) is 6.35. The summed E-state index contributed by atoms with van der Waals surface area (Å²) in [6, 6.07) is 0.214. The number of nitro groups is 1. The normalized spacial score (nSPS) is 16.6. The Labute approximate surface area is 107 Å². The van der Waals surface area contributed by atoms with Gasteiger partial charge < -0.3 is 5.73 Å². The van der Waals surface area contributed by atoms with Crippen molar-refractivity contribution in [1.29, 1.82) is 0 Å². The molecule has 1 heterocycles.